The van der Waals surface area contributed by atoms with Gasteiger partial charge in [0.05, 0.1) is 6.04 Å². The highest BCUT2D eigenvalue weighted by atomic mass is 16.4. The Morgan fingerprint density at radius 3 is 2.76 bits per heavy atom. The molecule has 0 radical (unpaired) electrons. The Morgan fingerprint density at radius 2 is 2.24 bits per heavy atom. The van der Waals surface area contributed by atoms with Crippen LogP contribution in [0.1, 0.15) is 45.4 Å². The smallest absolute Gasteiger partial charge is 0.326 e. The van der Waals surface area contributed by atoms with Gasteiger partial charge in [-0.15, -0.1) is 0 Å². The van der Waals surface area contributed by atoms with Gasteiger partial charge in [-0.05, 0) is 25.8 Å². The second-order valence-corrected chi connectivity index (χ2v) is 4.54. The zero-order chi connectivity index (χ0) is 12.7. The van der Waals surface area contributed by atoms with Crippen LogP contribution < -0.4 is 10.6 Å². The lowest BCUT2D eigenvalue weighted by Gasteiger charge is -2.24. The van der Waals surface area contributed by atoms with Gasteiger partial charge in [0.25, 0.3) is 0 Å². The largest absolute Gasteiger partial charge is 0.480 e. The summed E-state index contributed by atoms with van der Waals surface area (Å²) in [5.74, 6) is -1.11. The summed E-state index contributed by atoms with van der Waals surface area (Å²) in [6.07, 6.45) is 5.16. The lowest BCUT2D eigenvalue weighted by molar-refractivity contribution is -0.142. The molecule has 5 nitrogen and oxygen atoms in total. The minimum Gasteiger partial charge on any atom is -0.480 e. The fourth-order valence-corrected chi connectivity index (χ4v) is 2.01. The van der Waals surface area contributed by atoms with Crippen LogP contribution in [-0.2, 0) is 9.59 Å². The highest BCUT2D eigenvalue weighted by Gasteiger charge is 2.25. The van der Waals surface area contributed by atoms with Crippen molar-refractivity contribution in [1.82, 2.24) is 10.6 Å². The number of unbranched alkanes of at least 4 members (excludes halogenated alkanes) is 1. The third-order valence-corrected chi connectivity index (χ3v) is 3.09. The van der Waals surface area contributed by atoms with Crippen molar-refractivity contribution in [3.05, 3.63) is 0 Å². The maximum absolute atomic E-state index is 11.8. The highest BCUT2D eigenvalue weighted by Crippen LogP contribution is 2.08. The minimum atomic E-state index is -0.942. The van der Waals surface area contributed by atoms with Crippen molar-refractivity contribution in [1.29, 1.82) is 0 Å². The monoisotopic (exact) mass is 242 g/mol. The van der Waals surface area contributed by atoms with Gasteiger partial charge in [0, 0.05) is 0 Å². The number of piperidine rings is 1. The molecule has 0 bridgehead atoms. The van der Waals surface area contributed by atoms with Crippen molar-refractivity contribution in [2.75, 3.05) is 6.54 Å². The van der Waals surface area contributed by atoms with Crippen LogP contribution in [0.5, 0.6) is 0 Å². The van der Waals surface area contributed by atoms with Gasteiger partial charge in [-0.3, -0.25) is 4.79 Å². The first-order valence-electron chi connectivity index (χ1n) is 6.41. The number of carbonyl (C=O) groups is 2. The van der Waals surface area contributed by atoms with E-state index in [1.165, 1.54) is 0 Å². The lowest BCUT2D eigenvalue weighted by atomic mass is 10.0. The molecule has 1 rings (SSSR count). The van der Waals surface area contributed by atoms with Crippen LogP contribution in [0, 0.1) is 0 Å². The van der Waals surface area contributed by atoms with Crippen molar-refractivity contribution < 1.29 is 14.7 Å². The summed E-state index contributed by atoms with van der Waals surface area (Å²) in [5.41, 5.74) is 0. The fraction of sp³-hybridized carbons (Fsp3) is 0.833. The molecule has 0 aliphatic carbocycles. The normalized spacial score (nSPS) is 21.8. The number of carboxylic acid groups (broad SMARTS) is 1. The van der Waals surface area contributed by atoms with E-state index in [0.29, 0.717) is 6.42 Å². The molecule has 0 aromatic heterocycles. The Kier molecular flexibility index (Phi) is 5.97. The molecule has 0 spiro atoms. The average Bonchev–Trinajstić information content (AvgIpc) is 2.35. The number of rotatable bonds is 6. The summed E-state index contributed by atoms with van der Waals surface area (Å²) in [6.45, 7) is 2.84. The second kappa shape index (κ2) is 7.27. The highest BCUT2D eigenvalue weighted by molar-refractivity contribution is 5.86. The van der Waals surface area contributed by atoms with E-state index in [1.54, 1.807) is 0 Å². The molecular formula is C12H22N2O3. The third-order valence-electron chi connectivity index (χ3n) is 3.09. The molecule has 17 heavy (non-hydrogen) atoms. The van der Waals surface area contributed by atoms with E-state index in [2.05, 4.69) is 10.6 Å². The molecule has 1 amide bonds. The van der Waals surface area contributed by atoms with Crippen LogP contribution in [0.4, 0.5) is 0 Å². The van der Waals surface area contributed by atoms with E-state index in [-0.39, 0.29) is 11.9 Å². The summed E-state index contributed by atoms with van der Waals surface area (Å²) >= 11 is 0. The number of hydrogen-bond acceptors (Lipinski definition) is 3. The second-order valence-electron chi connectivity index (χ2n) is 4.54. The Balaban J connectivity index is 2.42. The summed E-state index contributed by atoms with van der Waals surface area (Å²) < 4.78 is 0. The number of nitrogens with one attached hydrogen (secondary N) is 2. The lowest BCUT2D eigenvalue weighted by Crippen LogP contribution is -2.51. The molecule has 1 heterocycles. The minimum absolute atomic E-state index is 0.173. The molecule has 1 aliphatic rings. The molecule has 1 saturated heterocycles. The van der Waals surface area contributed by atoms with Gasteiger partial charge in [-0.2, -0.15) is 0 Å². The number of hydrogen-bond donors (Lipinski definition) is 3. The Bertz CT molecular complexity index is 262. The Morgan fingerprint density at radius 1 is 1.47 bits per heavy atom. The standard InChI is InChI=1S/C12H22N2O3/c1-2-3-6-10(12(16)17)14-11(15)9-7-4-5-8-13-9/h9-10,13H,2-8H2,1H3,(H,14,15)(H,16,17)/t9-,10?/m1/s1. The van der Waals surface area contributed by atoms with Gasteiger partial charge in [0.2, 0.25) is 5.91 Å². The number of amides is 1. The van der Waals surface area contributed by atoms with Crippen molar-refractivity contribution in [2.24, 2.45) is 0 Å². The van der Waals surface area contributed by atoms with Gasteiger partial charge in [0.1, 0.15) is 6.04 Å². The molecule has 5 heteroatoms. The predicted molar refractivity (Wildman–Crippen MR) is 64.7 cm³/mol. The van der Waals surface area contributed by atoms with Crippen molar-refractivity contribution in [3.63, 3.8) is 0 Å². The maximum Gasteiger partial charge on any atom is 0.326 e. The first-order chi connectivity index (χ1) is 8.15. The van der Waals surface area contributed by atoms with Crippen LogP contribution in [0.15, 0.2) is 0 Å². The van der Waals surface area contributed by atoms with Crippen molar-refractivity contribution in [2.45, 2.75) is 57.5 Å². The summed E-state index contributed by atoms with van der Waals surface area (Å²) in [5, 5.41) is 14.7. The predicted octanol–water partition coefficient (Wildman–Crippen LogP) is 0.888. The number of carbonyl (C=O) groups excluding carboxylic acids is 1. The van der Waals surface area contributed by atoms with Crippen LogP contribution in [0.25, 0.3) is 0 Å². The molecule has 0 aromatic carbocycles. The quantitative estimate of drug-likeness (QED) is 0.646. The van der Waals surface area contributed by atoms with Gasteiger partial charge >= 0.3 is 5.97 Å². The molecule has 0 aromatic rings. The van der Waals surface area contributed by atoms with Gasteiger partial charge in [0.15, 0.2) is 0 Å². The fourth-order valence-electron chi connectivity index (χ4n) is 2.01. The summed E-state index contributed by atoms with van der Waals surface area (Å²) in [6, 6.07) is -0.960. The molecule has 98 valence electrons. The van der Waals surface area contributed by atoms with E-state index >= 15 is 0 Å². The van der Waals surface area contributed by atoms with Crippen LogP contribution in [0.3, 0.4) is 0 Å². The summed E-state index contributed by atoms with van der Waals surface area (Å²) in [4.78, 5) is 22.8. The van der Waals surface area contributed by atoms with E-state index in [0.717, 1.165) is 38.6 Å². The van der Waals surface area contributed by atoms with Gasteiger partial charge < -0.3 is 15.7 Å². The maximum atomic E-state index is 11.8. The molecule has 0 saturated carbocycles. The Hall–Kier alpha value is -1.10. The van der Waals surface area contributed by atoms with Gasteiger partial charge in [-0.25, -0.2) is 4.79 Å². The molecule has 2 atom stereocenters. The third kappa shape index (κ3) is 4.73. The zero-order valence-corrected chi connectivity index (χ0v) is 10.4. The summed E-state index contributed by atoms with van der Waals surface area (Å²) in [7, 11) is 0. The molecular weight excluding hydrogens is 220 g/mol. The van der Waals surface area contributed by atoms with Crippen molar-refractivity contribution >= 4 is 11.9 Å². The number of aliphatic carboxylic acids is 1. The first kappa shape index (κ1) is 14.0. The van der Waals surface area contributed by atoms with E-state index < -0.39 is 12.0 Å². The van der Waals surface area contributed by atoms with Gasteiger partial charge in [-0.1, -0.05) is 26.2 Å². The Labute approximate surface area is 102 Å². The molecule has 3 N–H and O–H groups in total. The number of carboxylic acids is 1. The van der Waals surface area contributed by atoms with Crippen LogP contribution >= 0.6 is 0 Å². The molecule has 1 aliphatic heterocycles. The first-order valence-corrected chi connectivity index (χ1v) is 6.41. The van der Waals surface area contributed by atoms with Crippen molar-refractivity contribution in [3.8, 4) is 0 Å². The topological polar surface area (TPSA) is 78.4 Å². The zero-order valence-electron chi connectivity index (χ0n) is 10.4. The molecule has 1 fully saturated rings. The van der Waals surface area contributed by atoms with Crippen LogP contribution in [-0.4, -0.2) is 35.6 Å². The van der Waals surface area contributed by atoms with Crippen LogP contribution in [0.2, 0.25) is 0 Å². The average molecular weight is 242 g/mol. The van der Waals surface area contributed by atoms with E-state index in [4.69, 9.17) is 5.11 Å². The SMILES string of the molecule is CCCCC(NC(=O)[C@H]1CCCCN1)C(=O)O. The van der Waals surface area contributed by atoms with E-state index in [9.17, 15) is 9.59 Å². The van der Waals surface area contributed by atoms with E-state index in [1.807, 2.05) is 6.92 Å². The molecule has 1 unspecified atom stereocenters.